The molecule has 2 bridgehead atoms. The molecule has 1 aromatic rings. The Morgan fingerprint density at radius 2 is 2.44 bits per heavy atom. The predicted molar refractivity (Wildman–Crippen MR) is 52.6 cm³/mol. The number of anilines is 1. The van der Waals surface area contributed by atoms with E-state index < -0.39 is 24.1 Å². The fraction of sp³-hybridized carbons (Fsp3) is 0.556. The minimum absolute atomic E-state index is 0.158. The molecule has 7 heteroatoms. The first-order chi connectivity index (χ1) is 7.66. The van der Waals surface area contributed by atoms with E-state index in [4.69, 9.17) is 15.2 Å². The zero-order chi connectivity index (χ0) is 11.3. The Hall–Kier alpha value is -1.44. The van der Waals surface area contributed by atoms with Crippen molar-refractivity contribution in [3.63, 3.8) is 0 Å². The van der Waals surface area contributed by atoms with Gasteiger partial charge in [0.15, 0.2) is 6.23 Å². The molecule has 7 nitrogen and oxygen atoms in total. The lowest BCUT2D eigenvalue weighted by Crippen LogP contribution is -2.35. The molecule has 3 N–H and O–H groups in total. The Morgan fingerprint density at radius 1 is 1.62 bits per heavy atom. The molecule has 0 unspecified atom stereocenters. The van der Waals surface area contributed by atoms with Crippen molar-refractivity contribution in [1.82, 2.24) is 9.55 Å². The first-order valence-corrected chi connectivity index (χ1v) is 4.96. The van der Waals surface area contributed by atoms with Gasteiger partial charge in [0.1, 0.15) is 24.1 Å². The number of nitrogen functional groups attached to an aromatic ring is 1. The Morgan fingerprint density at radius 3 is 3.00 bits per heavy atom. The van der Waals surface area contributed by atoms with Crippen LogP contribution in [0.15, 0.2) is 17.1 Å². The normalized spacial score (nSPS) is 36.8. The van der Waals surface area contributed by atoms with Crippen molar-refractivity contribution in [1.29, 1.82) is 0 Å². The topological polar surface area (TPSA) is 99.6 Å². The summed E-state index contributed by atoms with van der Waals surface area (Å²) in [5, 5.41) is 9.70. The summed E-state index contributed by atoms with van der Waals surface area (Å²) in [6.45, 7) is 0.361. The van der Waals surface area contributed by atoms with Crippen LogP contribution in [0.4, 0.5) is 5.82 Å². The highest BCUT2D eigenvalue weighted by Crippen LogP contribution is 2.36. The van der Waals surface area contributed by atoms with Gasteiger partial charge in [0.2, 0.25) is 0 Å². The molecule has 0 radical (unpaired) electrons. The van der Waals surface area contributed by atoms with Crippen LogP contribution < -0.4 is 11.4 Å². The van der Waals surface area contributed by atoms with E-state index in [0.717, 1.165) is 0 Å². The molecule has 0 aliphatic carbocycles. The van der Waals surface area contributed by atoms with Crippen molar-refractivity contribution in [3.05, 3.63) is 22.7 Å². The fourth-order valence-electron chi connectivity index (χ4n) is 2.09. The largest absolute Gasteiger partial charge is 0.387 e. The summed E-state index contributed by atoms with van der Waals surface area (Å²) in [6.07, 6.45) is -0.678. The van der Waals surface area contributed by atoms with E-state index >= 15 is 0 Å². The second kappa shape index (κ2) is 3.27. The molecule has 0 spiro atoms. The van der Waals surface area contributed by atoms with Crippen molar-refractivity contribution >= 4 is 5.82 Å². The molecule has 3 rings (SSSR count). The van der Waals surface area contributed by atoms with Crippen molar-refractivity contribution < 1.29 is 14.6 Å². The smallest absolute Gasteiger partial charge is 0.351 e. The number of nitrogens with two attached hydrogens (primary N) is 1. The zero-order valence-corrected chi connectivity index (χ0v) is 8.31. The molecule has 16 heavy (non-hydrogen) atoms. The molecule has 0 saturated carbocycles. The van der Waals surface area contributed by atoms with Gasteiger partial charge in [-0.2, -0.15) is 4.98 Å². The minimum Gasteiger partial charge on any atom is -0.387 e. The van der Waals surface area contributed by atoms with Gasteiger partial charge in [-0.3, -0.25) is 4.57 Å². The first kappa shape index (κ1) is 9.76. The highest BCUT2D eigenvalue weighted by Gasteiger charge is 2.51. The molecule has 0 amide bonds. The molecule has 2 aliphatic rings. The second-order valence-corrected chi connectivity index (χ2v) is 3.90. The number of aliphatic hydroxyl groups is 1. The number of hydrogen-bond acceptors (Lipinski definition) is 6. The van der Waals surface area contributed by atoms with E-state index in [1.807, 2.05) is 0 Å². The van der Waals surface area contributed by atoms with Crippen molar-refractivity contribution in [3.8, 4) is 0 Å². The van der Waals surface area contributed by atoms with Crippen molar-refractivity contribution in [2.75, 3.05) is 12.3 Å². The Kier molecular flexibility index (Phi) is 2.00. The maximum atomic E-state index is 11.6. The van der Waals surface area contributed by atoms with Crippen LogP contribution in [0.25, 0.3) is 0 Å². The molecule has 4 atom stereocenters. The highest BCUT2D eigenvalue weighted by molar-refractivity contribution is 5.23. The number of nitrogens with zero attached hydrogens (tertiary/aromatic N) is 2. The summed E-state index contributed by atoms with van der Waals surface area (Å²) in [5.41, 5.74) is 4.88. The maximum Gasteiger partial charge on any atom is 0.351 e. The number of fused-ring (bicyclic) bond motifs is 2. The summed E-state index contributed by atoms with van der Waals surface area (Å²) in [5.74, 6) is 0.158. The standard InChI is InChI=1S/C9H11N3O4/c10-5-1-2-12(9(14)11-5)8-7-6(13)4(16-8)3-15-7/h1-2,4,6-8,13H,3H2,(H2,10,11,14)/t4-,6-,7+,8-/m1/s1. The van der Waals surface area contributed by atoms with Crippen LogP contribution in [-0.2, 0) is 9.47 Å². The van der Waals surface area contributed by atoms with E-state index in [0.29, 0.717) is 6.61 Å². The SMILES string of the molecule is Nc1ccn([C@@H]2O[C@@H]3CO[C@H]2[C@@H]3O)c(=O)n1. The monoisotopic (exact) mass is 225 g/mol. The molecule has 0 aromatic carbocycles. The van der Waals surface area contributed by atoms with Gasteiger partial charge in [0, 0.05) is 6.20 Å². The van der Waals surface area contributed by atoms with E-state index in [1.54, 1.807) is 0 Å². The molecule has 3 heterocycles. The number of rotatable bonds is 1. The van der Waals surface area contributed by atoms with Gasteiger partial charge in [-0.25, -0.2) is 4.79 Å². The lowest BCUT2D eigenvalue weighted by molar-refractivity contribution is -0.128. The quantitative estimate of drug-likeness (QED) is 0.602. The van der Waals surface area contributed by atoms with Crippen LogP contribution in [0.5, 0.6) is 0 Å². The Labute approximate surface area is 90.4 Å². The first-order valence-electron chi connectivity index (χ1n) is 4.96. The summed E-state index contributed by atoms with van der Waals surface area (Å²) in [4.78, 5) is 15.2. The van der Waals surface area contributed by atoms with E-state index in [2.05, 4.69) is 4.98 Å². The third-order valence-electron chi connectivity index (χ3n) is 2.89. The van der Waals surface area contributed by atoms with Gasteiger partial charge in [-0.1, -0.05) is 0 Å². The van der Waals surface area contributed by atoms with Gasteiger partial charge in [0.25, 0.3) is 0 Å². The van der Waals surface area contributed by atoms with Crippen LogP contribution in [0.2, 0.25) is 0 Å². The van der Waals surface area contributed by atoms with Gasteiger partial charge in [-0.05, 0) is 6.07 Å². The molecule has 2 aliphatic heterocycles. The highest BCUT2D eigenvalue weighted by atomic mass is 16.6. The predicted octanol–water partition coefficient (Wildman–Crippen LogP) is -1.52. The average molecular weight is 225 g/mol. The lowest BCUT2D eigenvalue weighted by Gasteiger charge is -2.23. The lowest BCUT2D eigenvalue weighted by atomic mass is 10.2. The van der Waals surface area contributed by atoms with E-state index in [9.17, 15) is 9.90 Å². The minimum atomic E-state index is -0.686. The third kappa shape index (κ3) is 1.26. The van der Waals surface area contributed by atoms with Gasteiger partial charge in [0.05, 0.1) is 6.61 Å². The summed E-state index contributed by atoms with van der Waals surface area (Å²) >= 11 is 0. The maximum absolute atomic E-state index is 11.6. The van der Waals surface area contributed by atoms with Crippen LogP contribution in [-0.4, -0.2) is 39.6 Å². The summed E-state index contributed by atoms with van der Waals surface area (Å²) < 4.78 is 12.1. The Bertz CT molecular complexity index is 474. The van der Waals surface area contributed by atoms with Crippen LogP contribution >= 0.6 is 0 Å². The number of aromatic nitrogens is 2. The summed E-state index contributed by atoms with van der Waals surface area (Å²) in [6, 6.07) is 1.50. The van der Waals surface area contributed by atoms with Crippen LogP contribution in [0, 0.1) is 0 Å². The van der Waals surface area contributed by atoms with E-state index in [1.165, 1.54) is 16.8 Å². The average Bonchev–Trinajstić information content (AvgIpc) is 2.74. The molecule has 2 fully saturated rings. The molecule has 2 saturated heterocycles. The zero-order valence-electron chi connectivity index (χ0n) is 8.31. The molecule has 86 valence electrons. The number of aliphatic hydroxyl groups excluding tert-OH is 1. The second-order valence-electron chi connectivity index (χ2n) is 3.90. The molecular formula is C9H11N3O4. The number of hydrogen-bond donors (Lipinski definition) is 2. The molecular weight excluding hydrogens is 214 g/mol. The third-order valence-corrected chi connectivity index (χ3v) is 2.89. The van der Waals surface area contributed by atoms with Crippen LogP contribution in [0.3, 0.4) is 0 Å². The fourth-order valence-corrected chi connectivity index (χ4v) is 2.09. The molecule has 1 aromatic heterocycles. The Balaban J connectivity index is 1.97. The van der Waals surface area contributed by atoms with E-state index in [-0.39, 0.29) is 11.9 Å². The van der Waals surface area contributed by atoms with Crippen LogP contribution in [0.1, 0.15) is 6.23 Å². The number of ether oxygens (including phenoxy) is 2. The van der Waals surface area contributed by atoms with Gasteiger partial charge < -0.3 is 20.3 Å². The van der Waals surface area contributed by atoms with Crippen molar-refractivity contribution in [2.24, 2.45) is 0 Å². The van der Waals surface area contributed by atoms with Crippen molar-refractivity contribution in [2.45, 2.75) is 24.5 Å². The summed E-state index contributed by atoms with van der Waals surface area (Å²) in [7, 11) is 0. The van der Waals surface area contributed by atoms with Gasteiger partial charge in [-0.15, -0.1) is 0 Å². The van der Waals surface area contributed by atoms with Gasteiger partial charge >= 0.3 is 5.69 Å².